The van der Waals surface area contributed by atoms with Crippen molar-refractivity contribution in [2.75, 3.05) is 46.6 Å². The van der Waals surface area contributed by atoms with Crippen molar-refractivity contribution < 1.29 is 19.4 Å². The van der Waals surface area contributed by atoms with E-state index in [-0.39, 0.29) is 11.8 Å². The number of ether oxygens (including phenoxy) is 2. The Bertz CT molecular complexity index is 235. The zero-order chi connectivity index (χ0) is 12.7. The maximum absolute atomic E-state index is 10.9. The summed E-state index contributed by atoms with van der Waals surface area (Å²) in [5.41, 5.74) is 0. The Kier molecular flexibility index (Phi) is 6.47. The minimum Gasteiger partial charge on any atom is -0.481 e. The predicted octanol–water partition coefficient (Wildman–Crippen LogP) is 0.692. The highest BCUT2D eigenvalue weighted by molar-refractivity contribution is 5.71. The van der Waals surface area contributed by atoms with E-state index in [1.165, 1.54) is 0 Å². The summed E-state index contributed by atoms with van der Waals surface area (Å²) in [6, 6.07) is 0. The summed E-state index contributed by atoms with van der Waals surface area (Å²) in [6.07, 6.45) is 0.907. The van der Waals surface area contributed by atoms with Gasteiger partial charge in [0, 0.05) is 40.0 Å². The lowest BCUT2D eigenvalue weighted by atomic mass is 9.99. The van der Waals surface area contributed by atoms with Gasteiger partial charge in [0.15, 0.2) is 0 Å². The minimum atomic E-state index is -0.680. The number of carboxylic acid groups (broad SMARTS) is 1. The fraction of sp³-hybridized carbons (Fsp3) is 0.917. The van der Waals surface area contributed by atoms with Crippen LogP contribution >= 0.6 is 0 Å². The van der Waals surface area contributed by atoms with E-state index < -0.39 is 5.97 Å². The average molecular weight is 245 g/mol. The van der Waals surface area contributed by atoms with E-state index >= 15 is 0 Å². The number of aliphatic carboxylic acids is 1. The van der Waals surface area contributed by atoms with Gasteiger partial charge in [0.05, 0.1) is 12.5 Å². The summed E-state index contributed by atoms with van der Waals surface area (Å²) >= 11 is 0. The van der Waals surface area contributed by atoms with E-state index in [2.05, 4.69) is 4.90 Å². The van der Waals surface area contributed by atoms with Gasteiger partial charge < -0.3 is 14.6 Å². The minimum absolute atomic E-state index is 0.219. The Balaban J connectivity index is 2.07. The van der Waals surface area contributed by atoms with Crippen LogP contribution in [-0.2, 0) is 14.3 Å². The first kappa shape index (κ1) is 14.4. The van der Waals surface area contributed by atoms with Crippen LogP contribution in [0.4, 0.5) is 0 Å². The molecule has 0 saturated carbocycles. The van der Waals surface area contributed by atoms with E-state index in [0.29, 0.717) is 19.8 Å². The monoisotopic (exact) mass is 245 g/mol. The van der Waals surface area contributed by atoms with Gasteiger partial charge in [0.2, 0.25) is 0 Å². The van der Waals surface area contributed by atoms with E-state index in [1.807, 2.05) is 6.92 Å². The van der Waals surface area contributed by atoms with E-state index in [9.17, 15) is 4.79 Å². The fourth-order valence-corrected chi connectivity index (χ4v) is 2.17. The topological polar surface area (TPSA) is 59.0 Å². The molecule has 100 valence electrons. The molecule has 0 unspecified atom stereocenters. The van der Waals surface area contributed by atoms with Crippen molar-refractivity contribution in [1.29, 1.82) is 0 Å². The number of carbonyl (C=O) groups is 1. The van der Waals surface area contributed by atoms with Gasteiger partial charge in [-0.3, -0.25) is 9.69 Å². The summed E-state index contributed by atoms with van der Waals surface area (Å²) in [7, 11) is 1.68. The van der Waals surface area contributed by atoms with Crippen LogP contribution in [0.15, 0.2) is 0 Å². The third-order valence-electron chi connectivity index (χ3n) is 3.19. The van der Waals surface area contributed by atoms with E-state index in [1.54, 1.807) is 7.11 Å². The van der Waals surface area contributed by atoms with E-state index in [0.717, 1.165) is 26.1 Å². The summed E-state index contributed by atoms with van der Waals surface area (Å²) in [6.45, 7) is 6.43. The highest BCUT2D eigenvalue weighted by Crippen LogP contribution is 2.22. The third-order valence-corrected chi connectivity index (χ3v) is 3.19. The summed E-state index contributed by atoms with van der Waals surface area (Å²) in [4.78, 5) is 13.1. The standard InChI is InChI=1S/C12H23NO4/c1-10-8-13(9-11(10)12(14)15)4-7-17-6-3-5-16-2/h10-11H,3-9H2,1-2H3,(H,14,15)/t10-,11-/m1/s1. The molecule has 1 aliphatic rings. The van der Waals surface area contributed by atoms with Crippen molar-refractivity contribution in [1.82, 2.24) is 4.90 Å². The number of hydrogen-bond donors (Lipinski definition) is 1. The van der Waals surface area contributed by atoms with Crippen LogP contribution in [0.25, 0.3) is 0 Å². The molecular weight excluding hydrogens is 222 g/mol. The molecule has 1 N–H and O–H groups in total. The van der Waals surface area contributed by atoms with Crippen LogP contribution in [0.2, 0.25) is 0 Å². The first-order valence-corrected chi connectivity index (χ1v) is 6.17. The van der Waals surface area contributed by atoms with Crippen LogP contribution in [0.3, 0.4) is 0 Å². The largest absolute Gasteiger partial charge is 0.481 e. The normalized spacial score (nSPS) is 25.3. The van der Waals surface area contributed by atoms with Crippen LogP contribution < -0.4 is 0 Å². The molecule has 2 atom stereocenters. The molecule has 0 aromatic rings. The van der Waals surface area contributed by atoms with Crippen molar-refractivity contribution >= 4 is 5.97 Å². The highest BCUT2D eigenvalue weighted by atomic mass is 16.5. The Morgan fingerprint density at radius 1 is 1.35 bits per heavy atom. The molecule has 1 rings (SSSR count). The number of hydrogen-bond acceptors (Lipinski definition) is 4. The average Bonchev–Trinajstić information content (AvgIpc) is 2.65. The molecule has 5 heteroatoms. The Labute approximate surface area is 103 Å². The first-order chi connectivity index (χ1) is 8.15. The molecule has 1 heterocycles. The van der Waals surface area contributed by atoms with Gasteiger partial charge in [0.25, 0.3) is 0 Å². The van der Waals surface area contributed by atoms with Crippen LogP contribution in [0.5, 0.6) is 0 Å². The van der Waals surface area contributed by atoms with Crippen LogP contribution in [-0.4, -0.2) is 62.5 Å². The smallest absolute Gasteiger partial charge is 0.308 e. The van der Waals surface area contributed by atoms with Gasteiger partial charge in [-0.2, -0.15) is 0 Å². The van der Waals surface area contributed by atoms with Gasteiger partial charge in [-0.15, -0.1) is 0 Å². The lowest BCUT2D eigenvalue weighted by Crippen LogP contribution is -2.27. The molecule has 0 bridgehead atoms. The van der Waals surface area contributed by atoms with Gasteiger partial charge in [-0.1, -0.05) is 6.92 Å². The molecule has 5 nitrogen and oxygen atoms in total. The SMILES string of the molecule is COCCCOCCN1C[C@@H](C)[C@H](C(=O)O)C1. The molecule has 0 spiro atoms. The Morgan fingerprint density at radius 2 is 2.12 bits per heavy atom. The summed E-state index contributed by atoms with van der Waals surface area (Å²) in [5.74, 6) is -0.662. The second kappa shape index (κ2) is 7.63. The molecule has 0 aromatic heterocycles. The molecule has 1 fully saturated rings. The quantitative estimate of drug-likeness (QED) is 0.638. The molecular formula is C12H23NO4. The number of methoxy groups -OCH3 is 1. The predicted molar refractivity (Wildman–Crippen MR) is 64.0 cm³/mol. The number of likely N-dealkylation sites (tertiary alicyclic amines) is 1. The zero-order valence-corrected chi connectivity index (χ0v) is 10.7. The number of nitrogens with zero attached hydrogens (tertiary/aromatic N) is 1. The van der Waals surface area contributed by atoms with Crippen molar-refractivity contribution in [2.45, 2.75) is 13.3 Å². The maximum Gasteiger partial charge on any atom is 0.308 e. The Hall–Kier alpha value is -0.650. The lowest BCUT2D eigenvalue weighted by Gasteiger charge is -2.14. The highest BCUT2D eigenvalue weighted by Gasteiger charge is 2.34. The van der Waals surface area contributed by atoms with Crippen molar-refractivity contribution in [3.05, 3.63) is 0 Å². The lowest BCUT2D eigenvalue weighted by molar-refractivity contribution is -0.142. The van der Waals surface area contributed by atoms with Gasteiger partial charge in [-0.05, 0) is 12.3 Å². The van der Waals surface area contributed by atoms with Gasteiger partial charge in [-0.25, -0.2) is 0 Å². The second-order valence-electron chi connectivity index (χ2n) is 4.64. The molecule has 0 radical (unpaired) electrons. The zero-order valence-electron chi connectivity index (χ0n) is 10.7. The van der Waals surface area contributed by atoms with Crippen molar-refractivity contribution in [3.63, 3.8) is 0 Å². The van der Waals surface area contributed by atoms with E-state index in [4.69, 9.17) is 14.6 Å². The maximum atomic E-state index is 10.9. The molecule has 0 aliphatic carbocycles. The third kappa shape index (κ3) is 5.02. The summed E-state index contributed by atoms with van der Waals surface area (Å²) < 4.78 is 10.4. The second-order valence-corrected chi connectivity index (χ2v) is 4.64. The first-order valence-electron chi connectivity index (χ1n) is 6.17. The van der Waals surface area contributed by atoms with Crippen LogP contribution in [0.1, 0.15) is 13.3 Å². The summed E-state index contributed by atoms with van der Waals surface area (Å²) in [5, 5.41) is 9.00. The van der Waals surface area contributed by atoms with Crippen molar-refractivity contribution in [3.8, 4) is 0 Å². The van der Waals surface area contributed by atoms with Crippen molar-refractivity contribution in [2.24, 2.45) is 11.8 Å². The fourth-order valence-electron chi connectivity index (χ4n) is 2.17. The van der Waals surface area contributed by atoms with Gasteiger partial charge >= 0.3 is 5.97 Å². The number of rotatable bonds is 8. The molecule has 0 amide bonds. The van der Waals surface area contributed by atoms with Crippen LogP contribution in [0, 0.1) is 11.8 Å². The molecule has 1 saturated heterocycles. The molecule has 1 aliphatic heterocycles. The van der Waals surface area contributed by atoms with Gasteiger partial charge in [0.1, 0.15) is 0 Å². The molecule has 17 heavy (non-hydrogen) atoms. The number of carboxylic acids is 1. The molecule has 0 aromatic carbocycles. The Morgan fingerprint density at radius 3 is 2.71 bits per heavy atom.